The smallest absolute Gasteiger partial charge is 0.253 e. The number of hydrogen-bond donors (Lipinski definition) is 2. The first-order valence-corrected chi connectivity index (χ1v) is 4.48. The van der Waals surface area contributed by atoms with E-state index < -0.39 is 5.82 Å². The van der Waals surface area contributed by atoms with Crippen LogP contribution in [0.25, 0.3) is 0 Å². The van der Waals surface area contributed by atoms with E-state index in [1.54, 1.807) is 12.2 Å². The molecule has 3 N–H and O–H groups in total. The third-order valence-electron chi connectivity index (χ3n) is 1.65. The number of halogens is 1. The number of nitrogens with zero attached hydrogens (tertiary/aromatic N) is 1. The van der Waals surface area contributed by atoms with Crippen LogP contribution in [0.1, 0.15) is 10.4 Å². The Bertz CT molecular complexity index is 365. The van der Waals surface area contributed by atoms with Gasteiger partial charge in [0.25, 0.3) is 5.91 Å². The lowest BCUT2D eigenvalue weighted by atomic mass is 10.2. The van der Waals surface area contributed by atoms with E-state index in [0.29, 0.717) is 13.1 Å². The minimum absolute atomic E-state index is 0.205. The fraction of sp³-hybridized carbons (Fsp3) is 0.200. The number of nitrogens with two attached hydrogens (primary N) is 1. The highest BCUT2D eigenvalue weighted by Gasteiger charge is 2.04. The minimum atomic E-state index is -0.528. The van der Waals surface area contributed by atoms with Crippen molar-refractivity contribution in [1.82, 2.24) is 10.3 Å². The molecule has 0 saturated heterocycles. The maximum absolute atomic E-state index is 12.7. The Morgan fingerprint density at radius 3 is 3.00 bits per heavy atom. The summed E-state index contributed by atoms with van der Waals surface area (Å²) in [5.74, 6) is -0.885. The average molecular weight is 209 g/mol. The maximum atomic E-state index is 12.7. The van der Waals surface area contributed by atoms with E-state index in [2.05, 4.69) is 10.3 Å². The molecule has 15 heavy (non-hydrogen) atoms. The fourth-order valence-corrected chi connectivity index (χ4v) is 0.969. The Kier molecular flexibility index (Phi) is 4.43. The summed E-state index contributed by atoms with van der Waals surface area (Å²) in [4.78, 5) is 15.0. The molecule has 1 rings (SSSR count). The van der Waals surface area contributed by atoms with E-state index in [-0.39, 0.29) is 11.5 Å². The van der Waals surface area contributed by atoms with Crippen molar-refractivity contribution in [1.29, 1.82) is 0 Å². The highest BCUT2D eigenvalue weighted by molar-refractivity contribution is 5.93. The molecule has 1 aromatic rings. The van der Waals surface area contributed by atoms with Crippen molar-refractivity contribution >= 4 is 5.91 Å². The number of nitrogens with one attached hydrogen (secondary N) is 1. The number of amides is 1. The lowest BCUT2D eigenvalue weighted by Gasteiger charge is -2.01. The van der Waals surface area contributed by atoms with Crippen LogP contribution in [0.2, 0.25) is 0 Å². The molecule has 4 nitrogen and oxygen atoms in total. The number of carbonyl (C=O) groups excluding carboxylic acids is 1. The molecule has 0 fully saturated rings. The molecule has 0 aliphatic carbocycles. The normalized spacial score (nSPS) is 10.5. The molecule has 0 atom stereocenters. The van der Waals surface area contributed by atoms with E-state index in [9.17, 15) is 9.18 Å². The molecular weight excluding hydrogens is 197 g/mol. The third kappa shape index (κ3) is 3.86. The van der Waals surface area contributed by atoms with Crippen molar-refractivity contribution in [3.8, 4) is 0 Å². The van der Waals surface area contributed by atoms with Gasteiger partial charge in [0.2, 0.25) is 0 Å². The zero-order valence-corrected chi connectivity index (χ0v) is 8.11. The van der Waals surface area contributed by atoms with Gasteiger partial charge < -0.3 is 11.1 Å². The second-order valence-corrected chi connectivity index (χ2v) is 2.81. The van der Waals surface area contributed by atoms with Crippen LogP contribution in [0.4, 0.5) is 4.39 Å². The van der Waals surface area contributed by atoms with Crippen LogP contribution in [-0.2, 0) is 0 Å². The lowest BCUT2D eigenvalue weighted by Crippen LogP contribution is -2.23. The SMILES string of the molecule is NC/C=C/CNC(=O)c1cncc(F)c1. The monoisotopic (exact) mass is 209 g/mol. The molecule has 0 bridgehead atoms. The van der Waals surface area contributed by atoms with Crippen LogP contribution in [-0.4, -0.2) is 24.0 Å². The first-order chi connectivity index (χ1) is 7.24. The Balaban J connectivity index is 2.50. The van der Waals surface area contributed by atoms with Gasteiger partial charge in [-0.15, -0.1) is 0 Å². The van der Waals surface area contributed by atoms with E-state index >= 15 is 0 Å². The predicted molar refractivity (Wildman–Crippen MR) is 54.7 cm³/mol. The van der Waals surface area contributed by atoms with Gasteiger partial charge in [-0.3, -0.25) is 9.78 Å². The van der Waals surface area contributed by atoms with Crippen LogP contribution in [0.3, 0.4) is 0 Å². The molecule has 0 saturated carbocycles. The van der Waals surface area contributed by atoms with Crippen molar-refractivity contribution in [3.63, 3.8) is 0 Å². The zero-order valence-electron chi connectivity index (χ0n) is 8.11. The number of aromatic nitrogens is 1. The Hall–Kier alpha value is -1.75. The summed E-state index contributed by atoms with van der Waals surface area (Å²) in [5, 5.41) is 2.57. The van der Waals surface area contributed by atoms with Gasteiger partial charge in [-0.25, -0.2) is 4.39 Å². The molecule has 0 radical (unpaired) electrons. The van der Waals surface area contributed by atoms with Crippen LogP contribution in [0, 0.1) is 5.82 Å². The number of carbonyl (C=O) groups is 1. The van der Waals surface area contributed by atoms with Crippen LogP contribution in [0.15, 0.2) is 30.6 Å². The van der Waals surface area contributed by atoms with Crippen molar-refractivity contribution in [2.75, 3.05) is 13.1 Å². The zero-order chi connectivity index (χ0) is 11.1. The predicted octanol–water partition coefficient (Wildman–Crippen LogP) is 0.465. The third-order valence-corrected chi connectivity index (χ3v) is 1.65. The lowest BCUT2D eigenvalue weighted by molar-refractivity contribution is 0.0957. The molecule has 1 heterocycles. The second kappa shape index (κ2) is 5.87. The van der Waals surface area contributed by atoms with Gasteiger partial charge in [-0.05, 0) is 6.07 Å². The van der Waals surface area contributed by atoms with E-state index in [0.717, 1.165) is 12.3 Å². The summed E-state index contributed by atoms with van der Waals surface area (Å²) >= 11 is 0. The summed E-state index contributed by atoms with van der Waals surface area (Å²) in [6.07, 6.45) is 5.81. The van der Waals surface area contributed by atoms with Gasteiger partial charge in [-0.2, -0.15) is 0 Å². The summed E-state index contributed by atoms with van der Waals surface area (Å²) in [6.45, 7) is 0.796. The average Bonchev–Trinajstić information content (AvgIpc) is 2.24. The molecule has 0 aliphatic rings. The van der Waals surface area contributed by atoms with Crippen LogP contribution >= 0.6 is 0 Å². The molecular formula is C10H12FN3O. The topological polar surface area (TPSA) is 68.0 Å². The van der Waals surface area contributed by atoms with Crippen molar-refractivity contribution in [2.45, 2.75) is 0 Å². The van der Waals surface area contributed by atoms with Crippen molar-refractivity contribution in [3.05, 3.63) is 42.0 Å². The van der Waals surface area contributed by atoms with E-state index in [4.69, 9.17) is 5.73 Å². The molecule has 1 amide bonds. The Morgan fingerprint density at radius 2 is 2.33 bits per heavy atom. The molecule has 0 aromatic carbocycles. The van der Waals surface area contributed by atoms with Gasteiger partial charge in [-0.1, -0.05) is 12.2 Å². The van der Waals surface area contributed by atoms with Gasteiger partial charge in [0.15, 0.2) is 0 Å². The van der Waals surface area contributed by atoms with Gasteiger partial charge in [0.1, 0.15) is 5.82 Å². The van der Waals surface area contributed by atoms with Gasteiger partial charge in [0, 0.05) is 19.3 Å². The maximum Gasteiger partial charge on any atom is 0.253 e. The molecule has 1 aromatic heterocycles. The molecule has 0 unspecified atom stereocenters. The highest BCUT2D eigenvalue weighted by Crippen LogP contribution is 1.99. The van der Waals surface area contributed by atoms with E-state index in [1.807, 2.05) is 0 Å². The Morgan fingerprint density at radius 1 is 1.53 bits per heavy atom. The molecule has 0 aliphatic heterocycles. The molecule has 5 heteroatoms. The highest BCUT2D eigenvalue weighted by atomic mass is 19.1. The van der Waals surface area contributed by atoms with Gasteiger partial charge >= 0.3 is 0 Å². The number of hydrogen-bond acceptors (Lipinski definition) is 3. The first kappa shape index (κ1) is 11.3. The van der Waals surface area contributed by atoms with E-state index in [1.165, 1.54) is 6.20 Å². The summed E-state index contributed by atoms with van der Waals surface area (Å²) < 4.78 is 12.7. The Labute approximate surface area is 87.0 Å². The summed E-state index contributed by atoms with van der Waals surface area (Å²) in [5.41, 5.74) is 5.42. The van der Waals surface area contributed by atoms with Crippen LogP contribution in [0.5, 0.6) is 0 Å². The summed E-state index contributed by atoms with van der Waals surface area (Å²) in [6, 6.07) is 1.13. The molecule has 0 spiro atoms. The largest absolute Gasteiger partial charge is 0.349 e. The molecule has 80 valence electrons. The summed E-state index contributed by atoms with van der Waals surface area (Å²) in [7, 11) is 0. The van der Waals surface area contributed by atoms with Crippen molar-refractivity contribution < 1.29 is 9.18 Å². The second-order valence-electron chi connectivity index (χ2n) is 2.81. The van der Waals surface area contributed by atoms with Crippen LogP contribution < -0.4 is 11.1 Å². The van der Waals surface area contributed by atoms with Crippen molar-refractivity contribution in [2.24, 2.45) is 5.73 Å². The number of rotatable bonds is 4. The fourth-order valence-electron chi connectivity index (χ4n) is 0.969. The minimum Gasteiger partial charge on any atom is -0.349 e. The van der Waals surface area contributed by atoms with Gasteiger partial charge in [0.05, 0.1) is 11.8 Å². The standard InChI is InChI=1S/C10H12FN3O/c11-9-5-8(6-13-7-9)10(15)14-4-2-1-3-12/h1-2,5-7H,3-4,12H2,(H,14,15)/b2-1+. The first-order valence-electron chi connectivity index (χ1n) is 4.48. The number of pyridine rings is 1. The quantitative estimate of drug-likeness (QED) is 0.708.